The molecule has 1 rings (SSSR count). The summed E-state index contributed by atoms with van der Waals surface area (Å²) in [4.78, 5) is 14.5. The van der Waals surface area contributed by atoms with E-state index in [4.69, 9.17) is 9.84 Å². The molecule has 31 heavy (non-hydrogen) atoms. The Morgan fingerprint density at radius 2 is 1.61 bits per heavy atom. The van der Waals surface area contributed by atoms with Gasteiger partial charge in [0.15, 0.2) is 0 Å². The van der Waals surface area contributed by atoms with E-state index >= 15 is 0 Å². The molecule has 4 heteroatoms. The molecule has 0 aromatic heterocycles. The molecule has 0 aromatic carbocycles. The lowest BCUT2D eigenvalue weighted by molar-refractivity contribution is -0.143. The van der Waals surface area contributed by atoms with E-state index < -0.39 is 0 Å². The Bertz CT molecular complexity index is 415. The Balaban J connectivity index is 1.87. The SMILES string of the molecule is CCCCCCCCCCCOC(=O)CCCCCN1CCC(C(C)CCCCO)C1. The van der Waals surface area contributed by atoms with Crippen LogP contribution in [0, 0.1) is 11.8 Å². The first-order chi connectivity index (χ1) is 15.2. The molecule has 0 aromatic rings. The first-order valence-corrected chi connectivity index (χ1v) is 13.7. The summed E-state index contributed by atoms with van der Waals surface area (Å²) >= 11 is 0. The molecular formula is C27H53NO3. The van der Waals surface area contributed by atoms with Gasteiger partial charge in [0, 0.05) is 19.6 Å². The average molecular weight is 440 g/mol. The number of hydrogen-bond acceptors (Lipinski definition) is 4. The number of carbonyl (C=O) groups is 1. The first-order valence-electron chi connectivity index (χ1n) is 13.7. The van der Waals surface area contributed by atoms with Crippen molar-refractivity contribution in [1.29, 1.82) is 0 Å². The van der Waals surface area contributed by atoms with Crippen molar-refractivity contribution >= 4 is 5.97 Å². The van der Waals surface area contributed by atoms with Gasteiger partial charge in [0.05, 0.1) is 6.61 Å². The fourth-order valence-corrected chi connectivity index (χ4v) is 4.80. The second kappa shape index (κ2) is 20.0. The van der Waals surface area contributed by atoms with E-state index in [2.05, 4.69) is 18.7 Å². The highest BCUT2D eigenvalue weighted by Gasteiger charge is 2.26. The quantitative estimate of drug-likeness (QED) is 0.159. The number of ether oxygens (including phenoxy) is 1. The maximum atomic E-state index is 11.9. The van der Waals surface area contributed by atoms with Crippen LogP contribution in [0.4, 0.5) is 0 Å². The van der Waals surface area contributed by atoms with Crippen molar-refractivity contribution in [3.05, 3.63) is 0 Å². The van der Waals surface area contributed by atoms with Crippen LogP contribution in [0.5, 0.6) is 0 Å². The van der Waals surface area contributed by atoms with Crippen LogP contribution in [0.3, 0.4) is 0 Å². The Kier molecular flexibility index (Phi) is 18.4. The van der Waals surface area contributed by atoms with Gasteiger partial charge in [0.1, 0.15) is 0 Å². The monoisotopic (exact) mass is 439 g/mol. The molecule has 1 heterocycles. The number of hydrogen-bond donors (Lipinski definition) is 1. The number of aliphatic hydroxyl groups is 1. The highest BCUT2D eigenvalue weighted by molar-refractivity contribution is 5.69. The summed E-state index contributed by atoms with van der Waals surface area (Å²) in [5.74, 6) is 1.60. The van der Waals surface area contributed by atoms with Crippen LogP contribution < -0.4 is 0 Å². The Labute approximate surface area is 193 Å². The largest absolute Gasteiger partial charge is 0.466 e. The van der Waals surface area contributed by atoms with Crippen molar-refractivity contribution < 1.29 is 14.6 Å². The normalized spacial score (nSPS) is 17.8. The minimum atomic E-state index is -0.00231. The highest BCUT2D eigenvalue weighted by Crippen LogP contribution is 2.27. The number of likely N-dealkylation sites (tertiary alicyclic amines) is 1. The van der Waals surface area contributed by atoms with Gasteiger partial charge in [-0.1, -0.05) is 84.5 Å². The first kappa shape index (κ1) is 28.4. The fraction of sp³-hybridized carbons (Fsp3) is 0.963. The van der Waals surface area contributed by atoms with E-state index in [1.807, 2.05) is 0 Å². The van der Waals surface area contributed by atoms with Crippen LogP contribution in [-0.2, 0) is 9.53 Å². The van der Waals surface area contributed by atoms with Crippen LogP contribution in [0.1, 0.15) is 123 Å². The van der Waals surface area contributed by atoms with Gasteiger partial charge < -0.3 is 14.7 Å². The van der Waals surface area contributed by atoms with E-state index in [1.165, 1.54) is 90.3 Å². The summed E-state index contributed by atoms with van der Waals surface area (Å²) < 4.78 is 5.40. The molecule has 184 valence electrons. The van der Waals surface area contributed by atoms with Crippen molar-refractivity contribution in [1.82, 2.24) is 4.90 Å². The molecule has 0 spiro atoms. The summed E-state index contributed by atoms with van der Waals surface area (Å²) in [6.45, 7) is 9.22. The zero-order valence-corrected chi connectivity index (χ0v) is 20.9. The smallest absolute Gasteiger partial charge is 0.305 e. The summed E-state index contributed by atoms with van der Waals surface area (Å²) in [6.07, 6.45) is 20.2. The maximum Gasteiger partial charge on any atom is 0.305 e. The molecule has 1 saturated heterocycles. The number of carbonyl (C=O) groups excluding carboxylic acids is 1. The van der Waals surface area contributed by atoms with E-state index in [9.17, 15) is 4.79 Å². The van der Waals surface area contributed by atoms with Gasteiger partial charge in [0.25, 0.3) is 0 Å². The van der Waals surface area contributed by atoms with Crippen molar-refractivity contribution in [2.24, 2.45) is 11.8 Å². The molecule has 2 atom stereocenters. The molecule has 1 aliphatic rings. The fourth-order valence-electron chi connectivity index (χ4n) is 4.80. The van der Waals surface area contributed by atoms with Crippen molar-refractivity contribution in [2.45, 2.75) is 123 Å². The van der Waals surface area contributed by atoms with Crippen molar-refractivity contribution in [3.8, 4) is 0 Å². The number of nitrogens with zero attached hydrogens (tertiary/aromatic N) is 1. The van der Waals surface area contributed by atoms with E-state index in [0.717, 1.165) is 43.9 Å². The zero-order valence-electron chi connectivity index (χ0n) is 20.9. The van der Waals surface area contributed by atoms with Crippen LogP contribution in [0.2, 0.25) is 0 Å². The van der Waals surface area contributed by atoms with Gasteiger partial charge in [-0.05, 0) is 57.0 Å². The second-order valence-corrected chi connectivity index (χ2v) is 9.91. The van der Waals surface area contributed by atoms with E-state index in [-0.39, 0.29) is 5.97 Å². The van der Waals surface area contributed by atoms with Crippen molar-refractivity contribution in [2.75, 3.05) is 32.8 Å². The number of unbranched alkanes of at least 4 members (excludes halogenated alkanes) is 11. The van der Waals surface area contributed by atoms with Crippen LogP contribution in [-0.4, -0.2) is 48.8 Å². The molecule has 4 nitrogen and oxygen atoms in total. The Morgan fingerprint density at radius 1 is 0.935 bits per heavy atom. The van der Waals surface area contributed by atoms with Gasteiger partial charge in [-0.3, -0.25) is 4.79 Å². The van der Waals surface area contributed by atoms with Gasteiger partial charge in [0.2, 0.25) is 0 Å². The van der Waals surface area contributed by atoms with E-state index in [1.54, 1.807) is 0 Å². The lowest BCUT2D eigenvalue weighted by atomic mass is 9.89. The molecule has 2 unspecified atom stereocenters. The molecule has 0 bridgehead atoms. The predicted octanol–water partition coefficient (Wildman–Crippen LogP) is 6.74. The molecular weight excluding hydrogens is 386 g/mol. The summed E-state index contributed by atoms with van der Waals surface area (Å²) in [6, 6.07) is 0. The molecule has 1 N–H and O–H groups in total. The third-order valence-corrected chi connectivity index (χ3v) is 7.05. The zero-order chi connectivity index (χ0) is 22.6. The van der Waals surface area contributed by atoms with Gasteiger partial charge in [-0.25, -0.2) is 0 Å². The summed E-state index contributed by atoms with van der Waals surface area (Å²) in [7, 11) is 0. The maximum absolute atomic E-state index is 11.9. The molecule has 0 aliphatic carbocycles. The average Bonchev–Trinajstić information content (AvgIpc) is 3.24. The lowest BCUT2D eigenvalue weighted by Crippen LogP contribution is -2.23. The second-order valence-electron chi connectivity index (χ2n) is 9.91. The van der Waals surface area contributed by atoms with Gasteiger partial charge in [-0.2, -0.15) is 0 Å². The molecule has 0 radical (unpaired) electrons. The van der Waals surface area contributed by atoms with E-state index in [0.29, 0.717) is 19.6 Å². The molecule has 1 aliphatic heterocycles. The number of esters is 1. The molecule has 1 fully saturated rings. The lowest BCUT2D eigenvalue weighted by Gasteiger charge is -2.20. The minimum absolute atomic E-state index is 0.00231. The van der Waals surface area contributed by atoms with Crippen molar-refractivity contribution in [3.63, 3.8) is 0 Å². The topological polar surface area (TPSA) is 49.8 Å². The Morgan fingerprint density at radius 3 is 2.32 bits per heavy atom. The predicted molar refractivity (Wildman–Crippen MR) is 131 cm³/mol. The Hall–Kier alpha value is -0.610. The summed E-state index contributed by atoms with van der Waals surface area (Å²) in [5, 5.41) is 8.93. The van der Waals surface area contributed by atoms with Gasteiger partial charge >= 0.3 is 5.97 Å². The number of rotatable bonds is 21. The standard InChI is InChI=1S/C27H53NO3/c1-3-4-5-6-7-8-9-10-16-23-31-27(30)18-12-11-14-20-28-21-19-26(24-28)25(2)17-13-15-22-29/h25-26,29H,3-24H2,1-2H3. The number of aliphatic hydroxyl groups excluding tert-OH is 1. The van der Waals surface area contributed by atoms with Crippen LogP contribution >= 0.6 is 0 Å². The third kappa shape index (κ3) is 15.8. The highest BCUT2D eigenvalue weighted by atomic mass is 16.5. The summed E-state index contributed by atoms with van der Waals surface area (Å²) in [5.41, 5.74) is 0. The van der Waals surface area contributed by atoms with Gasteiger partial charge in [-0.15, -0.1) is 0 Å². The third-order valence-electron chi connectivity index (χ3n) is 7.05. The van der Waals surface area contributed by atoms with Crippen LogP contribution in [0.25, 0.3) is 0 Å². The minimum Gasteiger partial charge on any atom is -0.466 e. The molecule has 0 saturated carbocycles. The van der Waals surface area contributed by atoms with Crippen LogP contribution in [0.15, 0.2) is 0 Å². The molecule has 0 amide bonds.